The highest BCUT2D eigenvalue weighted by Crippen LogP contribution is 2.30. The number of rotatable bonds is 51. The Kier molecular flexibility index (Phi) is 45.3. The van der Waals surface area contributed by atoms with Crippen LogP contribution >= 0.6 is 0 Å². The number of ether oxygens (including phenoxy) is 4. The summed E-state index contributed by atoms with van der Waals surface area (Å²) in [5.41, 5.74) is 0. The molecule has 2 heterocycles. The van der Waals surface area contributed by atoms with Gasteiger partial charge in [0.1, 0.15) is 48.8 Å². The normalized spacial score (nSPS) is 24.9. The van der Waals surface area contributed by atoms with Gasteiger partial charge in [-0.05, 0) is 51.4 Å². The lowest BCUT2D eigenvalue weighted by atomic mass is 9.97. The van der Waals surface area contributed by atoms with Crippen molar-refractivity contribution in [3.63, 3.8) is 0 Å². The smallest absolute Gasteiger partial charge is 0.220 e. The van der Waals surface area contributed by atoms with Crippen LogP contribution in [0, 0.1) is 0 Å². The monoisotopic (exact) mass is 1100 g/mol. The van der Waals surface area contributed by atoms with E-state index in [0.29, 0.717) is 6.42 Å². The number of hydrogen-bond donors (Lipinski definition) is 9. The Morgan fingerprint density at radius 2 is 0.857 bits per heavy atom. The van der Waals surface area contributed by atoms with Crippen LogP contribution in [-0.4, -0.2) is 140 Å². The molecule has 12 atom stereocenters. The van der Waals surface area contributed by atoms with Crippen LogP contribution in [0.15, 0.2) is 36.5 Å². The summed E-state index contributed by atoms with van der Waals surface area (Å²) >= 11 is 0. The molecule has 9 N–H and O–H groups in total. The van der Waals surface area contributed by atoms with E-state index in [9.17, 15) is 45.6 Å². The van der Waals surface area contributed by atoms with Gasteiger partial charge in [0.2, 0.25) is 5.91 Å². The van der Waals surface area contributed by atoms with Crippen LogP contribution in [0.3, 0.4) is 0 Å². The van der Waals surface area contributed by atoms with E-state index in [0.717, 1.165) is 44.9 Å². The summed E-state index contributed by atoms with van der Waals surface area (Å²) in [6.45, 7) is 2.81. The zero-order valence-electron chi connectivity index (χ0n) is 48.7. The third-order valence-electron chi connectivity index (χ3n) is 15.6. The first-order valence-corrected chi connectivity index (χ1v) is 31.7. The summed E-state index contributed by atoms with van der Waals surface area (Å²) < 4.78 is 22.8. The zero-order valence-corrected chi connectivity index (χ0v) is 48.7. The Balaban J connectivity index is 1.73. The number of carbonyl (C=O) groups is 1. The van der Waals surface area contributed by atoms with Crippen molar-refractivity contribution >= 4 is 5.91 Å². The van der Waals surface area contributed by atoms with Gasteiger partial charge in [0.15, 0.2) is 12.6 Å². The van der Waals surface area contributed by atoms with Crippen molar-refractivity contribution < 1.29 is 64.6 Å². The van der Waals surface area contributed by atoms with Crippen LogP contribution in [-0.2, 0) is 23.7 Å². The van der Waals surface area contributed by atoms with Crippen molar-refractivity contribution in [2.75, 3.05) is 19.8 Å². The first-order valence-electron chi connectivity index (χ1n) is 31.7. The minimum Gasteiger partial charge on any atom is -0.394 e. The van der Waals surface area contributed by atoms with Crippen molar-refractivity contribution in [1.82, 2.24) is 5.32 Å². The van der Waals surface area contributed by atoms with Gasteiger partial charge in [-0.25, -0.2) is 0 Å². The molecular formula is C63H117NO13. The van der Waals surface area contributed by atoms with E-state index >= 15 is 0 Å². The molecular weight excluding hydrogens is 979 g/mol. The highest BCUT2D eigenvalue weighted by Gasteiger charge is 2.51. The molecule has 2 aliphatic heterocycles. The lowest BCUT2D eigenvalue weighted by molar-refractivity contribution is -0.359. The molecule has 77 heavy (non-hydrogen) atoms. The van der Waals surface area contributed by atoms with Gasteiger partial charge in [0.05, 0.1) is 32.0 Å². The van der Waals surface area contributed by atoms with Crippen molar-refractivity contribution in [2.24, 2.45) is 0 Å². The zero-order chi connectivity index (χ0) is 56.0. The second-order valence-electron chi connectivity index (χ2n) is 22.5. The number of amides is 1. The number of aliphatic hydroxyl groups is 8. The third-order valence-corrected chi connectivity index (χ3v) is 15.6. The second-order valence-corrected chi connectivity index (χ2v) is 22.5. The molecule has 0 radical (unpaired) electrons. The lowest BCUT2D eigenvalue weighted by Crippen LogP contribution is -2.65. The van der Waals surface area contributed by atoms with Crippen LogP contribution in [0.4, 0.5) is 0 Å². The lowest BCUT2D eigenvalue weighted by Gasteiger charge is -2.46. The summed E-state index contributed by atoms with van der Waals surface area (Å²) in [5.74, 6) is -0.238. The molecule has 14 nitrogen and oxygen atoms in total. The number of allylic oxidation sites excluding steroid dienone is 5. The Bertz CT molecular complexity index is 1430. The fourth-order valence-corrected chi connectivity index (χ4v) is 10.4. The highest BCUT2D eigenvalue weighted by atomic mass is 16.7. The number of hydrogen-bond acceptors (Lipinski definition) is 13. The number of aliphatic hydroxyl groups excluding tert-OH is 8. The van der Waals surface area contributed by atoms with E-state index in [1.165, 1.54) is 193 Å². The fourth-order valence-electron chi connectivity index (χ4n) is 10.4. The maximum absolute atomic E-state index is 13.3. The van der Waals surface area contributed by atoms with E-state index in [2.05, 4.69) is 43.5 Å². The SMILES string of the molecule is CCCCCCC/C=C\C/C=C\CCCCCCCCCCCCCCCC(=O)NC(COC1OC(CO)C(OC2OC(CO)C(O)C(O)C2O)C(O)C1O)C(O)/C=C/CCCCCCCCCCCCCCCCCC. The molecule has 0 saturated carbocycles. The summed E-state index contributed by atoms with van der Waals surface area (Å²) in [6.07, 6.45) is 43.2. The molecule has 1 amide bonds. The summed E-state index contributed by atoms with van der Waals surface area (Å²) in [7, 11) is 0. The minimum absolute atomic E-state index is 0.238. The fraction of sp³-hybridized carbons (Fsp3) is 0.889. The molecule has 2 rings (SSSR count). The molecule has 2 fully saturated rings. The standard InChI is InChI=1S/C63H117NO13/c1-3-5-7-9-11-13-15-17-19-21-23-24-25-26-27-28-29-31-33-35-37-39-41-43-45-47-55(68)64-51(52(67)46-44-42-40-38-36-34-32-30-22-20-18-16-14-12-10-8-6-4-2)50-74-62-60(73)58(71)61(54(49-66)76-62)77-63-59(72)57(70)56(69)53(48-65)75-63/h15,17,21,23,44,46,51-54,56-63,65-67,69-73H,3-14,16,18-20,22,24-43,45,47-50H2,1-2H3,(H,64,68)/b17-15-,23-21-,46-44+. The van der Waals surface area contributed by atoms with Crippen LogP contribution in [0.1, 0.15) is 264 Å². The van der Waals surface area contributed by atoms with Gasteiger partial charge < -0.3 is 65.1 Å². The maximum atomic E-state index is 13.3. The predicted molar refractivity (Wildman–Crippen MR) is 309 cm³/mol. The Morgan fingerprint density at radius 1 is 0.468 bits per heavy atom. The van der Waals surface area contributed by atoms with E-state index in [4.69, 9.17) is 18.9 Å². The molecule has 452 valence electrons. The second kappa shape index (κ2) is 48.9. The van der Waals surface area contributed by atoms with Crippen molar-refractivity contribution in [3.8, 4) is 0 Å². The molecule has 0 aliphatic carbocycles. The minimum atomic E-state index is -1.79. The largest absolute Gasteiger partial charge is 0.394 e. The van der Waals surface area contributed by atoms with Gasteiger partial charge in [-0.1, -0.05) is 243 Å². The predicted octanol–water partition coefficient (Wildman–Crippen LogP) is 11.4. The number of nitrogens with one attached hydrogen (secondary N) is 1. The van der Waals surface area contributed by atoms with E-state index in [1.54, 1.807) is 6.08 Å². The van der Waals surface area contributed by atoms with Gasteiger partial charge in [0.25, 0.3) is 0 Å². The van der Waals surface area contributed by atoms with Gasteiger partial charge in [-0.3, -0.25) is 4.79 Å². The molecule has 0 bridgehead atoms. The van der Waals surface area contributed by atoms with Crippen molar-refractivity contribution in [1.29, 1.82) is 0 Å². The van der Waals surface area contributed by atoms with Gasteiger partial charge in [-0.2, -0.15) is 0 Å². The van der Waals surface area contributed by atoms with Crippen molar-refractivity contribution in [2.45, 2.75) is 338 Å². The topological polar surface area (TPSA) is 228 Å². The van der Waals surface area contributed by atoms with Crippen LogP contribution in [0.5, 0.6) is 0 Å². The van der Waals surface area contributed by atoms with Crippen LogP contribution in [0.25, 0.3) is 0 Å². The molecule has 2 saturated heterocycles. The summed E-state index contributed by atoms with van der Waals surface area (Å²) in [6, 6.07) is -0.914. The quantitative estimate of drug-likeness (QED) is 0.0204. The molecule has 0 spiro atoms. The molecule has 0 aromatic carbocycles. The number of carbonyl (C=O) groups excluding carboxylic acids is 1. The Morgan fingerprint density at radius 3 is 1.30 bits per heavy atom. The van der Waals surface area contributed by atoms with Gasteiger partial charge in [-0.15, -0.1) is 0 Å². The van der Waals surface area contributed by atoms with E-state index in [1.807, 2.05) is 6.08 Å². The molecule has 2 aliphatic rings. The Hall–Kier alpha value is -1.79. The van der Waals surface area contributed by atoms with Crippen LogP contribution < -0.4 is 5.32 Å². The molecule has 0 aromatic heterocycles. The van der Waals surface area contributed by atoms with E-state index < -0.39 is 86.8 Å². The van der Waals surface area contributed by atoms with Crippen LogP contribution in [0.2, 0.25) is 0 Å². The Labute approximate surface area is 468 Å². The van der Waals surface area contributed by atoms with Crippen molar-refractivity contribution in [3.05, 3.63) is 36.5 Å². The molecule has 0 aromatic rings. The van der Waals surface area contributed by atoms with E-state index in [-0.39, 0.29) is 18.9 Å². The maximum Gasteiger partial charge on any atom is 0.220 e. The molecule has 14 heteroatoms. The van der Waals surface area contributed by atoms with Gasteiger partial charge >= 0.3 is 0 Å². The average Bonchev–Trinajstić information content (AvgIpc) is 3.44. The number of unbranched alkanes of at least 4 members (excludes halogenated alkanes) is 34. The average molecular weight is 1100 g/mol. The molecule has 12 unspecified atom stereocenters. The first kappa shape index (κ1) is 71.3. The first-order chi connectivity index (χ1) is 37.6. The summed E-state index contributed by atoms with van der Waals surface area (Å²) in [4.78, 5) is 13.3. The van der Waals surface area contributed by atoms with Gasteiger partial charge in [0, 0.05) is 6.42 Å². The third kappa shape index (κ3) is 34.3. The summed E-state index contributed by atoms with van der Waals surface area (Å²) in [5, 5.41) is 87.2. The highest BCUT2D eigenvalue weighted by molar-refractivity contribution is 5.76.